The van der Waals surface area contributed by atoms with Crippen molar-refractivity contribution in [2.45, 2.75) is 51.0 Å². The van der Waals surface area contributed by atoms with Crippen molar-refractivity contribution in [3.63, 3.8) is 0 Å². The Hall–Kier alpha value is -1.33. The molecule has 27 heavy (non-hydrogen) atoms. The van der Waals surface area contributed by atoms with E-state index in [9.17, 15) is 0 Å². The highest BCUT2D eigenvalue weighted by Crippen LogP contribution is 2.49. The van der Waals surface area contributed by atoms with Crippen molar-refractivity contribution >= 4 is 28.5 Å². The van der Waals surface area contributed by atoms with E-state index in [-0.39, 0.29) is 0 Å². The standard InChI is InChI=1S/C22H30N4S/c1-27-21-25-19-8-4-3-7-18(19)20-24-15-17(26(20)21)13-16-14-23-12-11-22(16)9-5-2-6-10-22/h3-4,7-8,16-17,23H,2,5-6,9-15H2,1H3. The van der Waals surface area contributed by atoms with Crippen molar-refractivity contribution in [1.82, 2.24) is 10.2 Å². The van der Waals surface area contributed by atoms with Crippen molar-refractivity contribution in [3.8, 4) is 0 Å². The quantitative estimate of drug-likeness (QED) is 0.822. The highest BCUT2D eigenvalue weighted by Gasteiger charge is 2.45. The van der Waals surface area contributed by atoms with E-state index in [1.54, 1.807) is 11.8 Å². The van der Waals surface area contributed by atoms with Crippen molar-refractivity contribution in [2.24, 2.45) is 21.3 Å². The van der Waals surface area contributed by atoms with E-state index < -0.39 is 0 Å². The van der Waals surface area contributed by atoms with Crippen LogP contribution in [-0.4, -0.2) is 47.8 Å². The van der Waals surface area contributed by atoms with Crippen LogP contribution in [0.2, 0.25) is 0 Å². The topological polar surface area (TPSA) is 40.0 Å². The summed E-state index contributed by atoms with van der Waals surface area (Å²) >= 11 is 1.76. The molecule has 5 rings (SSSR count). The van der Waals surface area contributed by atoms with Gasteiger partial charge in [0.25, 0.3) is 0 Å². The fourth-order valence-corrected chi connectivity index (χ4v) is 6.46. The zero-order valence-electron chi connectivity index (χ0n) is 16.3. The molecule has 1 N–H and O–H groups in total. The van der Waals surface area contributed by atoms with Gasteiger partial charge in [-0.05, 0) is 68.5 Å². The van der Waals surface area contributed by atoms with Gasteiger partial charge in [-0.1, -0.05) is 43.2 Å². The first-order valence-electron chi connectivity index (χ1n) is 10.6. The first-order chi connectivity index (χ1) is 13.3. The maximum absolute atomic E-state index is 5.01. The van der Waals surface area contributed by atoms with E-state index in [4.69, 9.17) is 9.98 Å². The molecule has 1 saturated heterocycles. The number of piperidine rings is 1. The van der Waals surface area contributed by atoms with Crippen LogP contribution in [0.3, 0.4) is 0 Å². The second kappa shape index (κ2) is 7.25. The van der Waals surface area contributed by atoms with Crippen molar-refractivity contribution in [1.29, 1.82) is 0 Å². The molecule has 0 aromatic heterocycles. The summed E-state index contributed by atoms with van der Waals surface area (Å²) in [5.41, 5.74) is 2.85. The molecule has 2 unspecified atom stereocenters. The molecule has 1 aromatic rings. The highest BCUT2D eigenvalue weighted by molar-refractivity contribution is 8.13. The number of aliphatic imine (C=N–C) groups is 2. The number of hydrogen-bond donors (Lipinski definition) is 1. The Balaban J connectivity index is 1.41. The third-order valence-electron chi connectivity index (χ3n) is 7.26. The summed E-state index contributed by atoms with van der Waals surface area (Å²) in [6, 6.07) is 8.93. The van der Waals surface area contributed by atoms with Gasteiger partial charge in [-0.2, -0.15) is 0 Å². The zero-order chi connectivity index (χ0) is 18.3. The summed E-state index contributed by atoms with van der Waals surface area (Å²) in [5, 5.41) is 4.82. The molecular formula is C22H30N4S. The molecule has 1 aliphatic carbocycles. The van der Waals surface area contributed by atoms with Gasteiger partial charge in [0.05, 0.1) is 18.3 Å². The number of rotatable bonds is 2. The second-order valence-corrected chi connectivity index (χ2v) is 9.39. The maximum Gasteiger partial charge on any atom is 0.170 e. The Kier molecular flexibility index (Phi) is 4.76. The minimum Gasteiger partial charge on any atom is -0.316 e. The van der Waals surface area contributed by atoms with E-state index in [0.717, 1.165) is 29.2 Å². The summed E-state index contributed by atoms with van der Waals surface area (Å²) in [7, 11) is 0. The minimum absolute atomic E-state index is 0.461. The van der Waals surface area contributed by atoms with Crippen LogP contribution >= 0.6 is 11.8 Å². The Morgan fingerprint density at radius 3 is 2.89 bits per heavy atom. The van der Waals surface area contributed by atoms with E-state index in [0.29, 0.717) is 11.5 Å². The van der Waals surface area contributed by atoms with Gasteiger partial charge >= 0.3 is 0 Å². The molecule has 0 bridgehead atoms. The van der Waals surface area contributed by atoms with Crippen LogP contribution in [0.15, 0.2) is 34.3 Å². The third-order valence-corrected chi connectivity index (χ3v) is 7.91. The summed E-state index contributed by atoms with van der Waals surface area (Å²) in [6.45, 7) is 3.30. The van der Waals surface area contributed by atoms with Gasteiger partial charge in [0.1, 0.15) is 5.84 Å². The van der Waals surface area contributed by atoms with Crippen LogP contribution in [0.4, 0.5) is 5.69 Å². The lowest BCUT2D eigenvalue weighted by Crippen LogP contribution is -2.50. The number of nitrogens with one attached hydrogen (secondary N) is 1. The van der Waals surface area contributed by atoms with E-state index in [1.165, 1.54) is 63.6 Å². The molecule has 2 atom stereocenters. The van der Waals surface area contributed by atoms with Crippen molar-refractivity contribution < 1.29 is 0 Å². The summed E-state index contributed by atoms with van der Waals surface area (Å²) < 4.78 is 0. The molecule has 2 fully saturated rings. The number of thioether (sulfide) groups is 1. The van der Waals surface area contributed by atoms with Gasteiger partial charge in [0.15, 0.2) is 5.17 Å². The minimum atomic E-state index is 0.461. The monoisotopic (exact) mass is 382 g/mol. The number of fused-ring (bicyclic) bond motifs is 3. The molecule has 4 nitrogen and oxygen atoms in total. The van der Waals surface area contributed by atoms with Crippen LogP contribution in [0.25, 0.3) is 0 Å². The van der Waals surface area contributed by atoms with Gasteiger partial charge in [0, 0.05) is 5.56 Å². The molecule has 4 aliphatic rings. The second-order valence-electron chi connectivity index (χ2n) is 8.61. The lowest BCUT2D eigenvalue weighted by molar-refractivity contribution is 0.0456. The number of benzene rings is 1. The van der Waals surface area contributed by atoms with Crippen LogP contribution in [-0.2, 0) is 0 Å². The van der Waals surface area contributed by atoms with E-state index in [2.05, 4.69) is 40.7 Å². The van der Waals surface area contributed by atoms with Crippen molar-refractivity contribution in [2.75, 3.05) is 25.9 Å². The molecular weight excluding hydrogens is 352 g/mol. The number of hydrogen-bond acceptors (Lipinski definition) is 5. The Labute approximate surface area is 166 Å². The molecule has 5 heteroatoms. The lowest BCUT2D eigenvalue weighted by atomic mass is 9.61. The molecule has 1 spiro atoms. The highest BCUT2D eigenvalue weighted by atomic mass is 32.2. The van der Waals surface area contributed by atoms with Crippen LogP contribution in [0.5, 0.6) is 0 Å². The van der Waals surface area contributed by atoms with E-state index >= 15 is 0 Å². The Morgan fingerprint density at radius 1 is 1.19 bits per heavy atom. The molecule has 144 valence electrons. The fourth-order valence-electron chi connectivity index (χ4n) is 5.84. The molecule has 0 amide bonds. The predicted molar refractivity (Wildman–Crippen MR) is 115 cm³/mol. The zero-order valence-corrected chi connectivity index (χ0v) is 17.1. The molecule has 1 saturated carbocycles. The van der Waals surface area contributed by atoms with Gasteiger partial charge in [0.2, 0.25) is 0 Å². The number of nitrogens with zero attached hydrogens (tertiary/aromatic N) is 3. The molecule has 3 aliphatic heterocycles. The van der Waals surface area contributed by atoms with Gasteiger partial charge in [-0.3, -0.25) is 4.99 Å². The van der Waals surface area contributed by atoms with Gasteiger partial charge in [-0.15, -0.1) is 0 Å². The maximum atomic E-state index is 5.01. The predicted octanol–water partition coefficient (Wildman–Crippen LogP) is 4.43. The Bertz CT molecular complexity index is 757. The first kappa shape index (κ1) is 17.7. The van der Waals surface area contributed by atoms with Crippen LogP contribution in [0, 0.1) is 11.3 Å². The SMILES string of the molecule is CSC1=Nc2ccccc2C2=NCC(CC3CNCCC34CCCCC4)N12. The van der Waals surface area contributed by atoms with Gasteiger partial charge in [-0.25, -0.2) is 4.99 Å². The largest absolute Gasteiger partial charge is 0.316 e. The van der Waals surface area contributed by atoms with Crippen LogP contribution in [0.1, 0.15) is 50.5 Å². The summed E-state index contributed by atoms with van der Waals surface area (Å²) in [4.78, 5) is 12.4. The van der Waals surface area contributed by atoms with Crippen molar-refractivity contribution in [3.05, 3.63) is 29.8 Å². The smallest absolute Gasteiger partial charge is 0.170 e. The number of para-hydroxylation sites is 1. The fraction of sp³-hybridized carbons (Fsp3) is 0.636. The lowest BCUT2D eigenvalue weighted by Gasteiger charge is -2.48. The average Bonchev–Trinajstić information content (AvgIpc) is 3.14. The van der Waals surface area contributed by atoms with Crippen LogP contribution < -0.4 is 5.32 Å². The van der Waals surface area contributed by atoms with Gasteiger partial charge < -0.3 is 10.2 Å². The average molecular weight is 383 g/mol. The summed E-state index contributed by atoms with van der Waals surface area (Å²) in [6.07, 6.45) is 11.9. The summed E-state index contributed by atoms with van der Waals surface area (Å²) in [5.74, 6) is 1.92. The molecule has 3 heterocycles. The first-order valence-corrected chi connectivity index (χ1v) is 11.8. The number of amidine groups is 2. The molecule has 1 aromatic carbocycles. The Morgan fingerprint density at radius 2 is 2.04 bits per heavy atom. The van der Waals surface area contributed by atoms with E-state index in [1.807, 2.05) is 0 Å². The normalized spacial score (nSPS) is 29.1. The molecule has 0 radical (unpaired) electrons. The third kappa shape index (κ3) is 3.03.